The van der Waals surface area contributed by atoms with Crippen LogP contribution in [0.2, 0.25) is 10.0 Å². The van der Waals surface area contributed by atoms with Gasteiger partial charge in [0.25, 0.3) is 0 Å². The molecule has 1 spiro atoms. The van der Waals surface area contributed by atoms with Gasteiger partial charge in [0, 0.05) is 28.1 Å². The summed E-state index contributed by atoms with van der Waals surface area (Å²) >= 11 is 12.2. The van der Waals surface area contributed by atoms with Gasteiger partial charge in [0.2, 0.25) is 5.79 Å². The molecule has 2 heterocycles. The minimum atomic E-state index is -1.16. The van der Waals surface area contributed by atoms with E-state index in [-0.39, 0.29) is 6.10 Å². The van der Waals surface area contributed by atoms with Gasteiger partial charge in [-0.1, -0.05) is 47.5 Å². The van der Waals surface area contributed by atoms with Crippen LogP contribution < -0.4 is 0 Å². The molecule has 0 N–H and O–H groups in total. The first-order valence-electron chi connectivity index (χ1n) is 7.79. The molecule has 0 radical (unpaired) electrons. The zero-order valence-corrected chi connectivity index (χ0v) is 14.5. The van der Waals surface area contributed by atoms with E-state index in [0.717, 1.165) is 11.1 Å². The Kier molecular flexibility index (Phi) is 4.29. The number of rotatable bonds is 2. The van der Waals surface area contributed by atoms with Crippen LogP contribution in [-0.2, 0) is 19.0 Å². The van der Waals surface area contributed by atoms with Crippen LogP contribution in [0.4, 0.5) is 0 Å². The van der Waals surface area contributed by atoms with E-state index in [2.05, 4.69) is 0 Å². The maximum Gasteiger partial charge on any atom is 0.333 e. The third kappa shape index (κ3) is 3.44. The summed E-state index contributed by atoms with van der Waals surface area (Å²) in [6, 6.07) is 14.6. The lowest BCUT2D eigenvalue weighted by atomic mass is 9.99. The van der Waals surface area contributed by atoms with E-state index in [4.69, 9.17) is 37.4 Å². The third-order valence-corrected chi connectivity index (χ3v) is 4.62. The van der Waals surface area contributed by atoms with Crippen molar-refractivity contribution in [1.82, 2.24) is 0 Å². The number of hydrogen-bond acceptors (Lipinski definition) is 4. The topological polar surface area (TPSA) is 44.8 Å². The van der Waals surface area contributed by atoms with E-state index in [1.54, 1.807) is 24.3 Å². The molecule has 3 atom stereocenters. The summed E-state index contributed by atoms with van der Waals surface area (Å²) in [6.07, 6.45) is 2.26. The smallest absolute Gasteiger partial charge is 0.333 e. The molecule has 0 amide bonds. The van der Waals surface area contributed by atoms with Gasteiger partial charge in [-0.25, -0.2) is 4.79 Å². The second kappa shape index (κ2) is 6.46. The van der Waals surface area contributed by atoms with Crippen molar-refractivity contribution in [2.45, 2.75) is 24.6 Å². The van der Waals surface area contributed by atoms with Gasteiger partial charge in [-0.15, -0.1) is 0 Å². The monoisotopic (exact) mass is 376 g/mol. The van der Waals surface area contributed by atoms with Crippen molar-refractivity contribution < 1.29 is 19.0 Å². The molecule has 0 bridgehead atoms. The zero-order valence-electron chi connectivity index (χ0n) is 13.0. The second-order valence-electron chi connectivity index (χ2n) is 5.95. The van der Waals surface area contributed by atoms with Gasteiger partial charge in [0.15, 0.2) is 6.29 Å². The Hall–Kier alpha value is -1.85. The summed E-state index contributed by atoms with van der Waals surface area (Å²) in [4.78, 5) is 11.6. The van der Waals surface area contributed by atoms with E-state index in [0.29, 0.717) is 16.5 Å². The van der Waals surface area contributed by atoms with Gasteiger partial charge in [-0.05, 0) is 35.9 Å². The Labute approximate surface area is 154 Å². The van der Waals surface area contributed by atoms with E-state index in [1.807, 2.05) is 30.3 Å². The van der Waals surface area contributed by atoms with Crippen LogP contribution in [0.25, 0.3) is 0 Å². The van der Waals surface area contributed by atoms with Gasteiger partial charge in [0.1, 0.15) is 0 Å². The Balaban J connectivity index is 1.71. The molecule has 25 heavy (non-hydrogen) atoms. The Morgan fingerprint density at radius 2 is 1.68 bits per heavy atom. The number of benzene rings is 2. The van der Waals surface area contributed by atoms with Crippen molar-refractivity contribution in [2.75, 3.05) is 0 Å². The van der Waals surface area contributed by atoms with Crippen molar-refractivity contribution in [3.8, 4) is 0 Å². The highest BCUT2D eigenvalue weighted by molar-refractivity contribution is 6.30. The maximum absolute atomic E-state index is 11.6. The van der Waals surface area contributed by atoms with E-state index >= 15 is 0 Å². The molecule has 4 rings (SSSR count). The molecule has 2 aromatic rings. The van der Waals surface area contributed by atoms with Crippen LogP contribution in [0.3, 0.4) is 0 Å². The van der Waals surface area contributed by atoms with Gasteiger partial charge < -0.3 is 14.2 Å². The van der Waals surface area contributed by atoms with Crippen molar-refractivity contribution >= 4 is 29.2 Å². The number of esters is 1. The molecule has 1 fully saturated rings. The Morgan fingerprint density at radius 1 is 1.00 bits per heavy atom. The van der Waals surface area contributed by atoms with Crippen molar-refractivity contribution in [3.05, 3.63) is 81.9 Å². The average Bonchev–Trinajstić information content (AvgIpc) is 2.94. The van der Waals surface area contributed by atoms with Crippen LogP contribution in [0, 0.1) is 0 Å². The number of hydrogen-bond donors (Lipinski definition) is 0. The van der Waals surface area contributed by atoms with E-state index in [9.17, 15) is 4.79 Å². The summed E-state index contributed by atoms with van der Waals surface area (Å²) in [5, 5.41) is 1.18. The molecule has 1 saturated heterocycles. The van der Waals surface area contributed by atoms with Crippen LogP contribution in [0.5, 0.6) is 0 Å². The zero-order chi connectivity index (χ0) is 17.4. The Bertz CT molecular complexity index is 795. The first kappa shape index (κ1) is 16.6. The standard InChI is InChI=1S/C19H14Cl2O4/c20-14-5-1-3-12(9-14)16-11-19(8-7-17(22)24-19)25-18(23-16)13-4-2-6-15(21)10-13/h1-10,16,18H,11H2/t16-,18+,19-/m1/s1. The fraction of sp³-hybridized carbons (Fsp3) is 0.211. The normalized spacial score (nSPS) is 28.3. The number of carbonyl (C=O) groups excluding carboxylic acids is 1. The molecule has 0 aliphatic carbocycles. The first-order valence-corrected chi connectivity index (χ1v) is 8.55. The van der Waals surface area contributed by atoms with Crippen LogP contribution in [0.15, 0.2) is 60.7 Å². The fourth-order valence-electron chi connectivity index (χ4n) is 3.02. The number of ether oxygens (including phenoxy) is 3. The summed E-state index contributed by atoms with van der Waals surface area (Å²) in [7, 11) is 0. The second-order valence-corrected chi connectivity index (χ2v) is 6.83. The lowest BCUT2D eigenvalue weighted by Crippen LogP contribution is -2.41. The number of carbonyl (C=O) groups is 1. The lowest BCUT2D eigenvalue weighted by molar-refractivity contribution is -0.335. The quantitative estimate of drug-likeness (QED) is 0.693. The minimum absolute atomic E-state index is 0.340. The summed E-state index contributed by atoms with van der Waals surface area (Å²) in [5.41, 5.74) is 1.63. The van der Waals surface area contributed by atoms with Gasteiger partial charge in [-0.2, -0.15) is 0 Å². The van der Waals surface area contributed by atoms with Gasteiger partial charge in [0.05, 0.1) is 6.10 Å². The lowest BCUT2D eigenvalue weighted by Gasteiger charge is -2.40. The Morgan fingerprint density at radius 3 is 2.32 bits per heavy atom. The van der Waals surface area contributed by atoms with Crippen LogP contribution >= 0.6 is 23.2 Å². The van der Waals surface area contributed by atoms with Crippen molar-refractivity contribution in [2.24, 2.45) is 0 Å². The predicted octanol–water partition coefficient (Wildman–Crippen LogP) is 4.98. The molecule has 6 heteroatoms. The number of halogens is 2. The van der Waals surface area contributed by atoms with E-state index in [1.165, 1.54) is 6.08 Å². The summed E-state index contributed by atoms with van der Waals surface area (Å²) in [5.74, 6) is -1.59. The molecular formula is C19H14Cl2O4. The molecule has 0 unspecified atom stereocenters. The molecule has 2 aromatic carbocycles. The van der Waals surface area contributed by atoms with Gasteiger partial charge in [-0.3, -0.25) is 0 Å². The highest BCUT2D eigenvalue weighted by atomic mass is 35.5. The highest BCUT2D eigenvalue weighted by Crippen LogP contribution is 2.46. The van der Waals surface area contributed by atoms with Gasteiger partial charge >= 0.3 is 5.97 Å². The maximum atomic E-state index is 11.6. The summed E-state index contributed by atoms with van der Waals surface area (Å²) < 4.78 is 17.5. The van der Waals surface area contributed by atoms with Crippen LogP contribution in [-0.4, -0.2) is 11.8 Å². The molecule has 4 nitrogen and oxygen atoms in total. The van der Waals surface area contributed by atoms with E-state index < -0.39 is 18.0 Å². The molecule has 128 valence electrons. The van der Waals surface area contributed by atoms with Crippen molar-refractivity contribution in [1.29, 1.82) is 0 Å². The van der Waals surface area contributed by atoms with Crippen LogP contribution in [0.1, 0.15) is 29.9 Å². The van der Waals surface area contributed by atoms with Crippen molar-refractivity contribution in [3.63, 3.8) is 0 Å². The fourth-order valence-corrected chi connectivity index (χ4v) is 3.42. The molecule has 0 saturated carbocycles. The predicted molar refractivity (Wildman–Crippen MR) is 93.1 cm³/mol. The largest absolute Gasteiger partial charge is 0.426 e. The molecule has 0 aromatic heterocycles. The average molecular weight is 377 g/mol. The summed E-state index contributed by atoms with van der Waals surface area (Å²) in [6.45, 7) is 0. The molecule has 2 aliphatic rings. The first-order chi connectivity index (χ1) is 12.0. The third-order valence-electron chi connectivity index (χ3n) is 4.15. The SMILES string of the molecule is O=C1C=C[C@@]2(C[C@H](c3cccc(Cl)c3)O[C@H](c3cccc(Cl)c3)O2)O1. The highest BCUT2D eigenvalue weighted by Gasteiger charge is 2.47. The molecule has 2 aliphatic heterocycles. The molecular weight excluding hydrogens is 363 g/mol. The minimum Gasteiger partial charge on any atom is -0.426 e.